The van der Waals surface area contributed by atoms with Gasteiger partial charge in [0, 0.05) is 11.3 Å². The number of amides is 1. The highest BCUT2D eigenvalue weighted by atomic mass is 35.5. The summed E-state index contributed by atoms with van der Waals surface area (Å²) in [4.78, 5) is 12.3. The molecule has 162 valence electrons. The lowest BCUT2D eigenvalue weighted by atomic mass is 10.2. The van der Waals surface area contributed by atoms with Crippen LogP contribution < -0.4 is 19.5 Å². The summed E-state index contributed by atoms with van der Waals surface area (Å²) in [5, 5.41) is 2.71. The molecular weight excluding hydrogens is 440 g/mol. The molecule has 0 atom stereocenters. The van der Waals surface area contributed by atoms with Crippen molar-refractivity contribution in [3.63, 3.8) is 0 Å². The van der Waals surface area contributed by atoms with Crippen molar-refractivity contribution in [2.24, 2.45) is 0 Å². The first kappa shape index (κ1) is 22.5. The first-order chi connectivity index (χ1) is 14.9. The van der Waals surface area contributed by atoms with Gasteiger partial charge < -0.3 is 14.8 Å². The number of carbonyl (C=O) groups excluding carboxylic acids is 1. The molecule has 9 heteroatoms. The number of ether oxygens (including phenoxy) is 2. The Morgan fingerprint density at radius 2 is 1.65 bits per heavy atom. The standard InChI is InChI=1S/C22H21ClN2O5S/c1-29-18-8-10-19(11-9-18)30-14-13-24-22(26)16-7-12-20(23)21(15-16)31(27,28)25-17-5-3-2-4-6-17/h2-12,15,25H,13-14H2,1H3,(H,24,26). The van der Waals surface area contributed by atoms with Crippen LogP contribution in [0.5, 0.6) is 11.5 Å². The normalized spacial score (nSPS) is 10.9. The minimum absolute atomic E-state index is 0.0165. The summed E-state index contributed by atoms with van der Waals surface area (Å²) >= 11 is 6.09. The molecule has 0 unspecified atom stereocenters. The van der Waals surface area contributed by atoms with Crippen LogP contribution in [-0.2, 0) is 10.0 Å². The Morgan fingerprint density at radius 3 is 2.32 bits per heavy atom. The first-order valence-corrected chi connectivity index (χ1v) is 11.2. The number of hydrogen-bond acceptors (Lipinski definition) is 5. The second-order valence-electron chi connectivity index (χ2n) is 6.40. The van der Waals surface area contributed by atoms with E-state index in [1.165, 1.54) is 18.2 Å². The molecule has 0 bridgehead atoms. The van der Waals surface area contributed by atoms with Crippen molar-refractivity contribution in [2.45, 2.75) is 4.90 Å². The molecule has 0 spiro atoms. The highest BCUT2D eigenvalue weighted by Gasteiger charge is 2.20. The van der Waals surface area contributed by atoms with Crippen LogP contribution in [0.3, 0.4) is 0 Å². The van der Waals surface area contributed by atoms with E-state index in [0.717, 1.165) is 5.75 Å². The minimum atomic E-state index is -3.96. The molecular formula is C22H21ClN2O5S. The Hall–Kier alpha value is -3.23. The average molecular weight is 461 g/mol. The molecule has 2 N–H and O–H groups in total. The first-order valence-electron chi connectivity index (χ1n) is 9.31. The molecule has 0 aliphatic heterocycles. The third kappa shape index (κ3) is 6.13. The van der Waals surface area contributed by atoms with Gasteiger partial charge in [0.15, 0.2) is 0 Å². The number of carbonyl (C=O) groups is 1. The van der Waals surface area contributed by atoms with E-state index in [2.05, 4.69) is 10.0 Å². The molecule has 3 aromatic rings. The number of anilines is 1. The summed E-state index contributed by atoms with van der Waals surface area (Å²) in [6.07, 6.45) is 0. The second-order valence-corrected chi connectivity index (χ2v) is 8.45. The Kier molecular flexibility index (Phi) is 7.38. The number of nitrogens with one attached hydrogen (secondary N) is 2. The third-order valence-electron chi connectivity index (χ3n) is 4.22. The molecule has 0 saturated carbocycles. The molecule has 0 aliphatic carbocycles. The number of sulfonamides is 1. The maximum atomic E-state index is 12.7. The van der Waals surface area contributed by atoms with E-state index in [9.17, 15) is 13.2 Å². The lowest BCUT2D eigenvalue weighted by molar-refractivity contribution is 0.0947. The van der Waals surface area contributed by atoms with Crippen LogP contribution in [0.2, 0.25) is 5.02 Å². The zero-order valence-electron chi connectivity index (χ0n) is 16.7. The van der Waals surface area contributed by atoms with Crippen molar-refractivity contribution in [2.75, 3.05) is 25.0 Å². The lowest BCUT2D eigenvalue weighted by Crippen LogP contribution is -2.28. The van der Waals surface area contributed by atoms with Crippen LogP contribution in [0.15, 0.2) is 77.7 Å². The van der Waals surface area contributed by atoms with Crippen molar-refractivity contribution < 1.29 is 22.7 Å². The Morgan fingerprint density at radius 1 is 0.968 bits per heavy atom. The van der Waals surface area contributed by atoms with Crippen LogP contribution in [0.25, 0.3) is 0 Å². The van der Waals surface area contributed by atoms with Gasteiger partial charge in [0.1, 0.15) is 23.0 Å². The van der Waals surface area contributed by atoms with Gasteiger partial charge in [-0.1, -0.05) is 29.8 Å². The summed E-state index contributed by atoms with van der Waals surface area (Å²) in [5.74, 6) is 0.920. The SMILES string of the molecule is COc1ccc(OCCNC(=O)c2ccc(Cl)c(S(=O)(=O)Nc3ccccc3)c2)cc1. The summed E-state index contributed by atoms with van der Waals surface area (Å²) < 4.78 is 38.5. The summed E-state index contributed by atoms with van der Waals surface area (Å²) in [7, 11) is -2.38. The Balaban J connectivity index is 1.61. The van der Waals surface area contributed by atoms with E-state index in [1.54, 1.807) is 61.7 Å². The maximum Gasteiger partial charge on any atom is 0.263 e. The molecule has 1 amide bonds. The molecule has 7 nitrogen and oxygen atoms in total. The zero-order valence-corrected chi connectivity index (χ0v) is 18.2. The van der Waals surface area contributed by atoms with Gasteiger partial charge >= 0.3 is 0 Å². The van der Waals surface area contributed by atoms with E-state index in [-0.39, 0.29) is 28.6 Å². The van der Waals surface area contributed by atoms with Crippen molar-refractivity contribution in [3.05, 3.63) is 83.4 Å². The monoisotopic (exact) mass is 460 g/mol. The van der Waals surface area contributed by atoms with Gasteiger partial charge in [-0.25, -0.2) is 8.42 Å². The molecule has 3 rings (SSSR count). The van der Waals surface area contributed by atoms with Gasteiger partial charge in [-0.05, 0) is 54.6 Å². The van der Waals surface area contributed by atoms with Crippen molar-refractivity contribution in [3.8, 4) is 11.5 Å². The fourth-order valence-corrected chi connectivity index (χ4v) is 4.26. The Labute approximate surface area is 186 Å². The average Bonchev–Trinajstić information content (AvgIpc) is 2.77. The van der Waals surface area contributed by atoms with Crippen LogP contribution >= 0.6 is 11.6 Å². The molecule has 0 saturated heterocycles. The fraction of sp³-hybridized carbons (Fsp3) is 0.136. The molecule has 0 aliphatic rings. The summed E-state index contributed by atoms with van der Waals surface area (Å²) in [6.45, 7) is 0.476. The van der Waals surface area contributed by atoms with Crippen LogP contribution in [-0.4, -0.2) is 34.6 Å². The predicted molar refractivity (Wildman–Crippen MR) is 120 cm³/mol. The van der Waals surface area contributed by atoms with Gasteiger partial charge in [0.05, 0.1) is 18.7 Å². The topological polar surface area (TPSA) is 93.7 Å². The molecule has 0 fully saturated rings. The molecule has 31 heavy (non-hydrogen) atoms. The molecule has 0 aromatic heterocycles. The fourth-order valence-electron chi connectivity index (χ4n) is 2.67. The van der Waals surface area contributed by atoms with Crippen molar-refractivity contribution >= 4 is 33.2 Å². The number of hydrogen-bond donors (Lipinski definition) is 2. The van der Waals surface area contributed by atoms with Gasteiger partial charge in [-0.2, -0.15) is 0 Å². The van der Waals surface area contributed by atoms with Crippen molar-refractivity contribution in [1.29, 1.82) is 0 Å². The van der Waals surface area contributed by atoms with Crippen LogP contribution in [0.4, 0.5) is 5.69 Å². The van der Waals surface area contributed by atoms with Gasteiger partial charge in [-0.15, -0.1) is 0 Å². The number of halogens is 1. The summed E-state index contributed by atoms with van der Waals surface area (Å²) in [6, 6.07) is 19.6. The Bertz CT molecular complexity index is 1140. The van der Waals surface area contributed by atoms with E-state index >= 15 is 0 Å². The molecule has 0 radical (unpaired) electrons. The smallest absolute Gasteiger partial charge is 0.263 e. The van der Waals surface area contributed by atoms with Gasteiger partial charge in [-0.3, -0.25) is 9.52 Å². The molecule has 3 aromatic carbocycles. The maximum absolute atomic E-state index is 12.7. The number of para-hydroxylation sites is 1. The van der Waals surface area contributed by atoms with Crippen LogP contribution in [0.1, 0.15) is 10.4 Å². The minimum Gasteiger partial charge on any atom is -0.497 e. The number of benzene rings is 3. The van der Waals surface area contributed by atoms with E-state index < -0.39 is 15.9 Å². The van der Waals surface area contributed by atoms with Crippen LogP contribution in [0, 0.1) is 0 Å². The van der Waals surface area contributed by atoms with E-state index in [1.807, 2.05) is 0 Å². The quantitative estimate of drug-likeness (QED) is 0.471. The highest BCUT2D eigenvalue weighted by Crippen LogP contribution is 2.25. The number of rotatable bonds is 9. The zero-order chi connectivity index (χ0) is 22.3. The van der Waals surface area contributed by atoms with Gasteiger partial charge in [0.2, 0.25) is 0 Å². The lowest BCUT2D eigenvalue weighted by Gasteiger charge is -2.12. The molecule has 0 heterocycles. The number of methoxy groups -OCH3 is 1. The predicted octanol–water partition coefficient (Wildman–Crippen LogP) is 3.96. The largest absolute Gasteiger partial charge is 0.497 e. The second kappa shape index (κ2) is 10.2. The van der Waals surface area contributed by atoms with E-state index in [4.69, 9.17) is 21.1 Å². The van der Waals surface area contributed by atoms with E-state index in [0.29, 0.717) is 11.4 Å². The van der Waals surface area contributed by atoms with Gasteiger partial charge in [0.25, 0.3) is 15.9 Å². The summed E-state index contributed by atoms with van der Waals surface area (Å²) in [5.41, 5.74) is 0.561. The highest BCUT2D eigenvalue weighted by molar-refractivity contribution is 7.92. The van der Waals surface area contributed by atoms with Crippen molar-refractivity contribution in [1.82, 2.24) is 5.32 Å². The third-order valence-corrected chi connectivity index (χ3v) is 6.09.